The van der Waals surface area contributed by atoms with Crippen LogP contribution in [0.4, 0.5) is 4.39 Å². The third kappa shape index (κ3) is 3.28. The summed E-state index contributed by atoms with van der Waals surface area (Å²) in [6.07, 6.45) is 0. The highest BCUT2D eigenvalue weighted by atomic mass is 19.1. The van der Waals surface area contributed by atoms with Crippen molar-refractivity contribution in [2.45, 2.75) is 19.0 Å². The molecule has 0 spiro atoms. The maximum absolute atomic E-state index is 13.2. The van der Waals surface area contributed by atoms with Crippen molar-refractivity contribution in [2.24, 2.45) is 5.73 Å². The van der Waals surface area contributed by atoms with Gasteiger partial charge in [0.25, 0.3) is 0 Å². The SMILES string of the molecule is CC1CN(C)CCN1CC(N)c1cccc(F)c1. The Labute approximate surface area is 108 Å². The predicted octanol–water partition coefficient (Wildman–Crippen LogP) is 1.46. The van der Waals surface area contributed by atoms with Crippen LogP contribution >= 0.6 is 0 Å². The third-order valence-electron chi connectivity index (χ3n) is 3.68. The van der Waals surface area contributed by atoms with Crippen LogP contribution in [0, 0.1) is 5.82 Å². The lowest BCUT2D eigenvalue weighted by molar-refractivity contribution is 0.0945. The second kappa shape index (κ2) is 5.78. The lowest BCUT2D eigenvalue weighted by Crippen LogP contribution is -2.52. The Morgan fingerprint density at radius 3 is 2.89 bits per heavy atom. The summed E-state index contributed by atoms with van der Waals surface area (Å²) in [5.41, 5.74) is 7.05. The summed E-state index contributed by atoms with van der Waals surface area (Å²) in [4.78, 5) is 4.71. The Kier molecular flexibility index (Phi) is 4.32. The van der Waals surface area contributed by atoms with E-state index in [9.17, 15) is 4.39 Å². The zero-order valence-electron chi connectivity index (χ0n) is 11.1. The minimum absolute atomic E-state index is 0.119. The van der Waals surface area contributed by atoms with Crippen LogP contribution in [0.15, 0.2) is 24.3 Å². The lowest BCUT2D eigenvalue weighted by atomic mass is 10.1. The van der Waals surface area contributed by atoms with Crippen LogP contribution in [-0.4, -0.2) is 49.1 Å². The minimum Gasteiger partial charge on any atom is -0.323 e. The smallest absolute Gasteiger partial charge is 0.123 e. The number of nitrogens with two attached hydrogens (primary N) is 1. The average Bonchev–Trinajstić information content (AvgIpc) is 2.32. The average molecular weight is 251 g/mol. The number of piperazine rings is 1. The topological polar surface area (TPSA) is 32.5 Å². The molecule has 3 nitrogen and oxygen atoms in total. The van der Waals surface area contributed by atoms with Crippen molar-refractivity contribution >= 4 is 0 Å². The van der Waals surface area contributed by atoms with E-state index in [-0.39, 0.29) is 11.9 Å². The van der Waals surface area contributed by atoms with Gasteiger partial charge in [0, 0.05) is 38.3 Å². The molecule has 2 atom stereocenters. The van der Waals surface area contributed by atoms with Gasteiger partial charge >= 0.3 is 0 Å². The fourth-order valence-corrected chi connectivity index (χ4v) is 2.54. The van der Waals surface area contributed by atoms with Crippen LogP contribution in [0.5, 0.6) is 0 Å². The molecule has 0 saturated carbocycles. The van der Waals surface area contributed by atoms with E-state index in [4.69, 9.17) is 5.73 Å². The highest BCUT2D eigenvalue weighted by Gasteiger charge is 2.23. The second-order valence-electron chi connectivity index (χ2n) is 5.27. The second-order valence-corrected chi connectivity index (χ2v) is 5.27. The third-order valence-corrected chi connectivity index (χ3v) is 3.68. The van der Waals surface area contributed by atoms with Crippen molar-refractivity contribution in [1.29, 1.82) is 0 Å². The summed E-state index contributed by atoms with van der Waals surface area (Å²) < 4.78 is 13.2. The molecule has 18 heavy (non-hydrogen) atoms. The first-order chi connectivity index (χ1) is 8.56. The molecule has 0 aliphatic carbocycles. The van der Waals surface area contributed by atoms with Crippen molar-refractivity contribution in [3.8, 4) is 0 Å². The Balaban J connectivity index is 1.97. The largest absolute Gasteiger partial charge is 0.323 e. The molecule has 0 radical (unpaired) electrons. The monoisotopic (exact) mass is 251 g/mol. The van der Waals surface area contributed by atoms with E-state index in [1.807, 2.05) is 6.07 Å². The summed E-state index contributed by atoms with van der Waals surface area (Å²) in [6, 6.07) is 6.99. The molecule has 1 fully saturated rings. The molecular weight excluding hydrogens is 229 g/mol. The summed E-state index contributed by atoms with van der Waals surface area (Å²) in [5, 5.41) is 0. The molecule has 1 heterocycles. The first-order valence-electron chi connectivity index (χ1n) is 6.50. The summed E-state index contributed by atoms with van der Waals surface area (Å²) in [6.45, 7) is 6.17. The van der Waals surface area contributed by atoms with Gasteiger partial charge < -0.3 is 10.6 Å². The Hall–Kier alpha value is -0.970. The first kappa shape index (κ1) is 13.5. The quantitative estimate of drug-likeness (QED) is 0.883. The Morgan fingerprint density at radius 1 is 1.44 bits per heavy atom. The standard InChI is InChI=1S/C14H22FN3/c1-11-9-17(2)6-7-18(11)10-14(16)12-4-3-5-13(15)8-12/h3-5,8,11,14H,6-7,9-10,16H2,1-2H3. The molecule has 0 bridgehead atoms. The predicted molar refractivity (Wildman–Crippen MR) is 71.9 cm³/mol. The summed E-state index contributed by atoms with van der Waals surface area (Å²) in [5.74, 6) is -0.214. The first-order valence-corrected chi connectivity index (χ1v) is 6.50. The lowest BCUT2D eigenvalue weighted by Gasteiger charge is -2.39. The van der Waals surface area contributed by atoms with Crippen molar-refractivity contribution in [1.82, 2.24) is 9.80 Å². The van der Waals surface area contributed by atoms with Gasteiger partial charge in [0.1, 0.15) is 5.82 Å². The number of nitrogens with zero attached hydrogens (tertiary/aromatic N) is 2. The van der Waals surface area contributed by atoms with Gasteiger partial charge in [-0.3, -0.25) is 4.90 Å². The minimum atomic E-state index is -0.214. The van der Waals surface area contributed by atoms with Gasteiger partial charge in [-0.15, -0.1) is 0 Å². The normalized spacial score (nSPS) is 24.1. The highest BCUT2D eigenvalue weighted by Crippen LogP contribution is 2.16. The molecule has 1 aliphatic rings. The Bertz CT molecular complexity index is 396. The molecule has 1 aromatic rings. The molecule has 100 valence electrons. The van der Waals surface area contributed by atoms with Gasteiger partial charge in [0.2, 0.25) is 0 Å². The van der Waals surface area contributed by atoms with Gasteiger partial charge in [-0.05, 0) is 31.7 Å². The van der Waals surface area contributed by atoms with E-state index in [0.29, 0.717) is 6.04 Å². The van der Waals surface area contributed by atoms with Gasteiger partial charge in [-0.1, -0.05) is 12.1 Å². The number of benzene rings is 1. The van der Waals surface area contributed by atoms with Crippen LogP contribution in [-0.2, 0) is 0 Å². The molecular formula is C14H22FN3. The summed E-state index contributed by atoms with van der Waals surface area (Å²) in [7, 11) is 2.14. The molecule has 1 aliphatic heterocycles. The molecule has 0 amide bonds. The number of rotatable bonds is 3. The van der Waals surface area contributed by atoms with Gasteiger partial charge in [0.15, 0.2) is 0 Å². The fraction of sp³-hybridized carbons (Fsp3) is 0.571. The number of hydrogen-bond acceptors (Lipinski definition) is 3. The maximum Gasteiger partial charge on any atom is 0.123 e. The molecule has 2 N–H and O–H groups in total. The zero-order chi connectivity index (χ0) is 13.1. The van der Waals surface area contributed by atoms with Gasteiger partial charge in [-0.25, -0.2) is 4.39 Å². The van der Waals surface area contributed by atoms with Gasteiger partial charge in [0.05, 0.1) is 0 Å². The van der Waals surface area contributed by atoms with Crippen molar-refractivity contribution in [2.75, 3.05) is 33.2 Å². The maximum atomic E-state index is 13.2. The van der Waals surface area contributed by atoms with Crippen LogP contribution in [0.3, 0.4) is 0 Å². The fourth-order valence-electron chi connectivity index (χ4n) is 2.54. The number of likely N-dealkylation sites (N-methyl/N-ethyl adjacent to an activating group) is 1. The molecule has 1 saturated heterocycles. The van der Waals surface area contributed by atoms with Crippen molar-refractivity contribution in [3.63, 3.8) is 0 Å². The molecule has 0 aromatic heterocycles. The van der Waals surface area contributed by atoms with E-state index in [1.54, 1.807) is 6.07 Å². The van der Waals surface area contributed by atoms with Gasteiger partial charge in [-0.2, -0.15) is 0 Å². The van der Waals surface area contributed by atoms with E-state index in [1.165, 1.54) is 12.1 Å². The van der Waals surface area contributed by atoms with Crippen LogP contribution < -0.4 is 5.73 Å². The highest BCUT2D eigenvalue weighted by molar-refractivity contribution is 5.20. The van der Waals surface area contributed by atoms with E-state index in [2.05, 4.69) is 23.8 Å². The number of halogens is 1. The molecule has 1 aromatic carbocycles. The molecule has 4 heteroatoms. The van der Waals surface area contributed by atoms with E-state index >= 15 is 0 Å². The van der Waals surface area contributed by atoms with Crippen molar-refractivity contribution in [3.05, 3.63) is 35.6 Å². The molecule has 2 unspecified atom stereocenters. The van der Waals surface area contributed by atoms with Crippen molar-refractivity contribution < 1.29 is 4.39 Å². The van der Waals surface area contributed by atoms with E-state index < -0.39 is 0 Å². The number of hydrogen-bond donors (Lipinski definition) is 1. The van der Waals surface area contributed by atoms with Crippen LogP contribution in [0.2, 0.25) is 0 Å². The van der Waals surface area contributed by atoms with E-state index in [0.717, 1.165) is 31.7 Å². The Morgan fingerprint density at radius 2 is 2.22 bits per heavy atom. The molecule has 2 rings (SSSR count). The van der Waals surface area contributed by atoms with Crippen LogP contribution in [0.1, 0.15) is 18.5 Å². The summed E-state index contributed by atoms with van der Waals surface area (Å²) >= 11 is 0. The van der Waals surface area contributed by atoms with Crippen LogP contribution in [0.25, 0.3) is 0 Å². The zero-order valence-corrected chi connectivity index (χ0v) is 11.1.